The summed E-state index contributed by atoms with van der Waals surface area (Å²) < 4.78 is 19.7. The summed E-state index contributed by atoms with van der Waals surface area (Å²) in [7, 11) is 3.73. The second-order valence-electron chi connectivity index (χ2n) is 5.47. The minimum atomic E-state index is -0.144. The van der Waals surface area contributed by atoms with Crippen LogP contribution in [0.5, 0.6) is 0 Å². The van der Waals surface area contributed by atoms with Crippen LogP contribution >= 0.6 is 0 Å². The van der Waals surface area contributed by atoms with E-state index in [1.807, 2.05) is 19.2 Å². The van der Waals surface area contributed by atoms with Crippen molar-refractivity contribution in [2.75, 3.05) is 14.2 Å². The van der Waals surface area contributed by atoms with Gasteiger partial charge in [0.25, 0.3) is 0 Å². The first-order valence-electron chi connectivity index (χ1n) is 7.17. The van der Waals surface area contributed by atoms with Gasteiger partial charge in [-0.25, -0.2) is 4.39 Å². The molecule has 1 saturated carbocycles. The number of nitrogens with one attached hydrogen (secondary N) is 1. The van der Waals surface area contributed by atoms with Crippen molar-refractivity contribution in [3.05, 3.63) is 35.6 Å². The van der Waals surface area contributed by atoms with Crippen LogP contribution < -0.4 is 5.32 Å². The highest BCUT2D eigenvalue weighted by Gasteiger charge is 2.39. The smallest absolute Gasteiger partial charge is 0.126 e. The molecule has 1 atom stereocenters. The van der Waals surface area contributed by atoms with Gasteiger partial charge in [0.1, 0.15) is 5.82 Å². The van der Waals surface area contributed by atoms with Crippen molar-refractivity contribution in [1.82, 2.24) is 5.32 Å². The van der Waals surface area contributed by atoms with Crippen LogP contribution in [0.1, 0.15) is 37.7 Å². The van der Waals surface area contributed by atoms with Crippen molar-refractivity contribution < 1.29 is 9.13 Å². The highest BCUT2D eigenvalue weighted by Crippen LogP contribution is 2.35. The zero-order valence-corrected chi connectivity index (χ0v) is 11.9. The lowest BCUT2D eigenvalue weighted by Gasteiger charge is -2.42. The first-order valence-corrected chi connectivity index (χ1v) is 7.17. The molecule has 1 fully saturated rings. The zero-order valence-electron chi connectivity index (χ0n) is 11.9. The van der Waals surface area contributed by atoms with Crippen LogP contribution in [0.2, 0.25) is 0 Å². The molecule has 0 saturated heterocycles. The van der Waals surface area contributed by atoms with Gasteiger partial charge in [0.2, 0.25) is 0 Å². The molecule has 1 aromatic carbocycles. The van der Waals surface area contributed by atoms with Crippen molar-refractivity contribution in [3.63, 3.8) is 0 Å². The molecule has 1 aliphatic rings. The Morgan fingerprint density at radius 2 is 1.95 bits per heavy atom. The molecule has 0 radical (unpaired) electrons. The largest absolute Gasteiger partial charge is 0.377 e. The van der Waals surface area contributed by atoms with Crippen LogP contribution in [-0.2, 0) is 11.2 Å². The molecule has 0 bridgehead atoms. The third-order valence-corrected chi connectivity index (χ3v) is 4.47. The fraction of sp³-hybridized carbons (Fsp3) is 0.625. The molecule has 3 heteroatoms. The van der Waals surface area contributed by atoms with E-state index in [2.05, 4.69) is 5.32 Å². The Kier molecular flexibility index (Phi) is 4.94. The van der Waals surface area contributed by atoms with Crippen LogP contribution in [0.25, 0.3) is 0 Å². The Labute approximate surface area is 115 Å². The van der Waals surface area contributed by atoms with Gasteiger partial charge in [0.15, 0.2) is 0 Å². The summed E-state index contributed by atoms with van der Waals surface area (Å²) in [4.78, 5) is 0. The van der Waals surface area contributed by atoms with Crippen LogP contribution in [0.4, 0.5) is 4.39 Å². The Bertz CT molecular complexity index is 401. The summed E-state index contributed by atoms with van der Waals surface area (Å²) in [6.45, 7) is 0. The van der Waals surface area contributed by atoms with Crippen LogP contribution in [0.3, 0.4) is 0 Å². The molecule has 1 unspecified atom stereocenters. The van der Waals surface area contributed by atoms with E-state index in [0.717, 1.165) is 18.4 Å². The molecule has 0 aliphatic heterocycles. The Hall–Kier alpha value is -0.930. The Balaban J connectivity index is 2.17. The SMILES string of the molecule is CNC(Cc1ccccc1F)C1(OC)CCCCC1. The Morgan fingerprint density at radius 1 is 1.26 bits per heavy atom. The molecule has 0 heterocycles. The number of ether oxygens (including phenoxy) is 1. The van der Waals surface area contributed by atoms with E-state index in [4.69, 9.17) is 4.74 Å². The predicted molar refractivity (Wildman–Crippen MR) is 75.8 cm³/mol. The average Bonchev–Trinajstić information content (AvgIpc) is 2.47. The molecule has 0 amide bonds. The molecule has 2 rings (SSSR count). The summed E-state index contributed by atoms with van der Waals surface area (Å²) in [6.07, 6.45) is 6.47. The maximum atomic E-state index is 13.8. The van der Waals surface area contributed by atoms with Crippen molar-refractivity contribution in [2.45, 2.75) is 50.2 Å². The highest BCUT2D eigenvalue weighted by atomic mass is 19.1. The number of hydrogen-bond acceptors (Lipinski definition) is 2. The monoisotopic (exact) mass is 265 g/mol. The van der Waals surface area contributed by atoms with E-state index >= 15 is 0 Å². The van der Waals surface area contributed by atoms with Gasteiger partial charge < -0.3 is 10.1 Å². The number of rotatable bonds is 5. The number of benzene rings is 1. The van der Waals surface area contributed by atoms with Gasteiger partial charge in [0.05, 0.1) is 5.60 Å². The summed E-state index contributed by atoms with van der Waals surface area (Å²) in [6, 6.07) is 7.19. The number of halogens is 1. The third kappa shape index (κ3) is 3.15. The quantitative estimate of drug-likeness (QED) is 0.882. The van der Waals surface area contributed by atoms with Gasteiger partial charge in [-0.15, -0.1) is 0 Å². The minimum Gasteiger partial charge on any atom is -0.377 e. The first-order chi connectivity index (χ1) is 9.22. The molecule has 1 N–H and O–H groups in total. The molecule has 0 spiro atoms. The van der Waals surface area contributed by atoms with E-state index < -0.39 is 0 Å². The second-order valence-corrected chi connectivity index (χ2v) is 5.47. The first kappa shape index (κ1) is 14.5. The molecule has 106 valence electrons. The lowest BCUT2D eigenvalue weighted by molar-refractivity contribution is -0.0658. The normalized spacial score (nSPS) is 20.2. The standard InChI is InChI=1S/C16H24FNO/c1-18-15(12-13-8-4-5-9-14(13)17)16(19-2)10-6-3-7-11-16/h4-5,8-9,15,18H,3,6-7,10-12H2,1-2H3. The second kappa shape index (κ2) is 6.49. The van der Waals surface area contributed by atoms with Gasteiger partial charge in [0, 0.05) is 13.2 Å². The lowest BCUT2D eigenvalue weighted by Crippen LogP contribution is -2.53. The minimum absolute atomic E-state index is 0.121. The van der Waals surface area contributed by atoms with E-state index in [9.17, 15) is 4.39 Å². The maximum absolute atomic E-state index is 13.8. The maximum Gasteiger partial charge on any atom is 0.126 e. The van der Waals surface area contributed by atoms with E-state index in [-0.39, 0.29) is 17.5 Å². The van der Waals surface area contributed by atoms with Gasteiger partial charge in [-0.1, -0.05) is 37.5 Å². The van der Waals surface area contributed by atoms with Crippen LogP contribution in [0, 0.1) is 5.82 Å². The molecular weight excluding hydrogens is 241 g/mol. The number of methoxy groups -OCH3 is 1. The number of hydrogen-bond donors (Lipinski definition) is 1. The molecule has 2 nitrogen and oxygen atoms in total. The van der Waals surface area contributed by atoms with Crippen molar-refractivity contribution >= 4 is 0 Å². The highest BCUT2D eigenvalue weighted by molar-refractivity contribution is 5.19. The average molecular weight is 265 g/mol. The fourth-order valence-electron chi connectivity index (χ4n) is 3.28. The summed E-state index contributed by atoms with van der Waals surface area (Å²) >= 11 is 0. The van der Waals surface area contributed by atoms with Gasteiger partial charge in [-0.05, 0) is 37.9 Å². The lowest BCUT2D eigenvalue weighted by atomic mass is 9.77. The van der Waals surface area contributed by atoms with E-state index in [1.165, 1.54) is 25.3 Å². The molecule has 1 aromatic rings. The van der Waals surface area contributed by atoms with Crippen molar-refractivity contribution in [3.8, 4) is 0 Å². The van der Waals surface area contributed by atoms with Crippen molar-refractivity contribution in [2.24, 2.45) is 0 Å². The van der Waals surface area contributed by atoms with Gasteiger partial charge in [-0.2, -0.15) is 0 Å². The number of likely N-dealkylation sites (N-methyl/N-ethyl adjacent to an activating group) is 1. The van der Waals surface area contributed by atoms with Crippen LogP contribution in [0.15, 0.2) is 24.3 Å². The summed E-state index contributed by atoms with van der Waals surface area (Å²) in [5, 5.41) is 3.35. The molecule has 19 heavy (non-hydrogen) atoms. The molecule has 0 aromatic heterocycles. The Morgan fingerprint density at radius 3 is 2.53 bits per heavy atom. The van der Waals surface area contributed by atoms with Crippen molar-refractivity contribution in [1.29, 1.82) is 0 Å². The van der Waals surface area contributed by atoms with E-state index in [0.29, 0.717) is 6.42 Å². The molecule has 1 aliphatic carbocycles. The summed E-state index contributed by atoms with van der Waals surface area (Å²) in [5.41, 5.74) is 0.624. The van der Waals surface area contributed by atoms with Gasteiger partial charge >= 0.3 is 0 Å². The fourth-order valence-corrected chi connectivity index (χ4v) is 3.28. The summed E-state index contributed by atoms with van der Waals surface area (Å²) in [5.74, 6) is -0.121. The third-order valence-electron chi connectivity index (χ3n) is 4.47. The van der Waals surface area contributed by atoms with Gasteiger partial charge in [-0.3, -0.25) is 0 Å². The topological polar surface area (TPSA) is 21.3 Å². The van der Waals surface area contributed by atoms with Crippen LogP contribution in [-0.4, -0.2) is 25.8 Å². The van der Waals surface area contributed by atoms with E-state index in [1.54, 1.807) is 13.2 Å². The molecular formula is C16H24FNO. The zero-order chi connectivity index (χ0) is 13.7. The predicted octanol–water partition coefficient (Wildman–Crippen LogP) is 3.31.